The number of nitrogens with zero attached hydrogens (tertiary/aromatic N) is 2. The van der Waals surface area contributed by atoms with Crippen LogP contribution in [0.3, 0.4) is 0 Å². The lowest BCUT2D eigenvalue weighted by Crippen LogP contribution is -2.45. The molecule has 0 aromatic heterocycles. The van der Waals surface area contributed by atoms with Crippen LogP contribution < -0.4 is 16.4 Å². The maximum absolute atomic E-state index is 10.8. The summed E-state index contributed by atoms with van der Waals surface area (Å²) >= 11 is 0. The van der Waals surface area contributed by atoms with Gasteiger partial charge in [-0.15, -0.1) is 24.0 Å². The van der Waals surface area contributed by atoms with Crippen molar-refractivity contribution in [3.05, 3.63) is 34.4 Å². The molecule has 0 heterocycles. The molecule has 0 amide bonds. The molecule has 0 radical (unpaired) electrons. The van der Waals surface area contributed by atoms with E-state index in [0.29, 0.717) is 24.7 Å². The van der Waals surface area contributed by atoms with Gasteiger partial charge in [-0.1, -0.05) is 12.1 Å². The van der Waals surface area contributed by atoms with E-state index in [0.717, 1.165) is 0 Å². The highest BCUT2D eigenvalue weighted by Crippen LogP contribution is 2.22. The molecule has 21 heavy (non-hydrogen) atoms. The molecule has 118 valence electrons. The van der Waals surface area contributed by atoms with E-state index in [1.807, 2.05) is 20.8 Å². The van der Waals surface area contributed by atoms with E-state index >= 15 is 0 Å². The third-order valence-electron chi connectivity index (χ3n) is 2.31. The molecule has 0 fully saturated rings. The zero-order chi connectivity index (χ0) is 15.2. The largest absolute Gasteiger partial charge is 0.378 e. The molecule has 1 aromatic rings. The maximum atomic E-state index is 10.8. The second kappa shape index (κ2) is 8.65. The van der Waals surface area contributed by atoms with Gasteiger partial charge in [0.25, 0.3) is 5.69 Å². The summed E-state index contributed by atoms with van der Waals surface area (Å²) in [6.45, 7) is 6.86. The van der Waals surface area contributed by atoms with Gasteiger partial charge in [-0.2, -0.15) is 0 Å². The van der Waals surface area contributed by atoms with Crippen LogP contribution in [0.25, 0.3) is 0 Å². The lowest BCUT2D eigenvalue weighted by Gasteiger charge is -2.21. The highest BCUT2D eigenvalue weighted by atomic mass is 127. The van der Waals surface area contributed by atoms with E-state index in [-0.39, 0.29) is 35.2 Å². The van der Waals surface area contributed by atoms with Gasteiger partial charge in [-0.05, 0) is 26.8 Å². The van der Waals surface area contributed by atoms with E-state index in [9.17, 15) is 10.1 Å². The Balaban J connectivity index is 0.00000400. The standard InChI is InChI=1S/C13H21N5O2.HI/c1-13(2,3)17-12(14)16-9-8-15-10-6-4-5-7-11(10)18(19)20;/h4-7,15H,8-9H2,1-3H3,(H3,14,16,17);1H. The first-order valence-electron chi connectivity index (χ1n) is 6.35. The SMILES string of the molecule is CC(C)(C)NC(N)=NCCNc1ccccc1[N+](=O)[O-].I. The van der Waals surface area contributed by atoms with E-state index in [4.69, 9.17) is 5.73 Å². The first-order valence-corrected chi connectivity index (χ1v) is 6.35. The summed E-state index contributed by atoms with van der Waals surface area (Å²) in [6.07, 6.45) is 0. The quantitative estimate of drug-likeness (QED) is 0.174. The summed E-state index contributed by atoms with van der Waals surface area (Å²) in [5.74, 6) is 0.363. The molecule has 0 unspecified atom stereocenters. The summed E-state index contributed by atoms with van der Waals surface area (Å²) in [5, 5.41) is 16.8. The van der Waals surface area contributed by atoms with E-state index in [1.165, 1.54) is 6.07 Å². The first kappa shape index (κ1) is 19.4. The molecule has 0 aliphatic heterocycles. The molecule has 0 bridgehead atoms. The van der Waals surface area contributed by atoms with Crippen LogP contribution in [-0.2, 0) is 0 Å². The average Bonchev–Trinajstić information content (AvgIpc) is 2.33. The van der Waals surface area contributed by atoms with Crippen LogP contribution in [0, 0.1) is 10.1 Å². The number of benzene rings is 1. The number of para-hydroxylation sites is 2. The van der Waals surface area contributed by atoms with Gasteiger partial charge < -0.3 is 16.4 Å². The molecule has 0 atom stereocenters. The Morgan fingerprint density at radius 2 is 2.00 bits per heavy atom. The van der Waals surface area contributed by atoms with Crippen molar-refractivity contribution in [2.24, 2.45) is 10.7 Å². The molecular formula is C13H22IN5O2. The van der Waals surface area contributed by atoms with Crippen LogP contribution in [0.2, 0.25) is 0 Å². The van der Waals surface area contributed by atoms with Crippen molar-refractivity contribution in [1.29, 1.82) is 0 Å². The second-order valence-electron chi connectivity index (χ2n) is 5.34. The summed E-state index contributed by atoms with van der Waals surface area (Å²) < 4.78 is 0. The number of nitro groups is 1. The summed E-state index contributed by atoms with van der Waals surface area (Å²) in [5.41, 5.74) is 6.12. The smallest absolute Gasteiger partial charge is 0.292 e. The Labute approximate surface area is 141 Å². The highest BCUT2D eigenvalue weighted by molar-refractivity contribution is 14.0. The fourth-order valence-corrected chi connectivity index (χ4v) is 1.57. The normalized spacial score (nSPS) is 11.5. The molecular weight excluding hydrogens is 385 g/mol. The molecule has 1 aromatic carbocycles. The van der Waals surface area contributed by atoms with E-state index in [1.54, 1.807) is 18.2 Å². The monoisotopic (exact) mass is 407 g/mol. The molecule has 8 heteroatoms. The molecule has 0 aliphatic carbocycles. The van der Waals surface area contributed by atoms with Crippen molar-refractivity contribution in [3.8, 4) is 0 Å². The van der Waals surface area contributed by atoms with Crippen LogP contribution in [0.1, 0.15) is 20.8 Å². The van der Waals surface area contributed by atoms with Gasteiger partial charge in [-0.3, -0.25) is 15.1 Å². The van der Waals surface area contributed by atoms with Crippen LogP contribution in [0.5, 0.6) is 0 Å². The number of guanidine groups is 1. The predicted octanol–water partition coefficient (Wildman–Crippen LogP) is 2.33. The number of anilines is 1. The lowest BCUT2D eigenvalue weighted by atomic mass is 10.1. The zero-order valence-corrected chi connectivity index (χ0v) is 14.8. The molecule has 4 N–H and O–H groups in total. The minimum absolute atomic E-state index is 0. The Morgan fingerprint density at radius 3 is 2.57 bits per heavy atom. The molecule has 0 saturated heterocycles. The number of rotatable bonds is 5. The Hall–Kier alpha value is -1.58. The Bertz CT molecular complexity index is 500. The van der Waals surface area contributed by atoms with Gasteiger partial charge in [0.2, 0.25) is 0 Å². The number of aliphatic imine (C=N–C) groups is 1. The predicted molar refractivity (Wildman–Crippen MR) is 96.4 cm³/mol. The molecule has 0 saturated carbocycles. The zero-order valence-electron chi connectivity index (χ0n) is 12.4. The summed E-state index contributed by atoms with van der Waals surface area (Å²) in [4.78, 5) is 14.6. The van der Waals surface area contributed by atoms with Gasteiger partial charge in [0.1, 0.15) is 5.69 Å². The highest BCUT2D eigenvalue weighted by Gasteiger charge is 2.11. The maximum Gasteiger partial charge on any atom is 0.292 e. The first-order chi connectivity index (χ1) is 9.29. The fraction of sp³-hybridized carbons (Fsp3) is 0.462. The van der Waals surface area contributed by atoms with Crippen molar-refractivity contribution in [2.75, 3.05) is 18.4 Å². The third-order valence-corrected chi connectivity index (χ3v) is 2.31. The number of hydrogen-bond donors (Lipinski definition) is 3. The van der Waals surface area contributed by atoms with Crippen molar-refractivity contribution in [1.82, 2.24) is 5.32 Å². The topological polar surface area (TPSA) is 106 Å². The number of nitro benzene ring substituents is 1. The van der Waals surface area contributed by atoms with Crippen LogP contribution in [-0.4, -0.2) is 29.5 Å². The third kappa shape index (κ3) is 7.69. The minimum atomic E-state index is -0.416. The average molecular weight is 407 g/mol. The summed E-state index contributed by atoms with van der Waals surface area (Å²) in [6, 6.07) is 6.50. The van der Waals surface area contributed by atoms with Crippen LogP contribution in [0.4, 0.5) is 11.4 Å². The van der Waals surface area contributed by atoms with Gasteiger partial charge in [0, 0.05) is 18.2 Å². The van der Waals surface area contributed by atoms with Crippen molar-refractivity contribution >= 4 is 41.3 Å². The Morgan fingerprint density at radius 1 is 1.38 bits per heavy atom. The van der Waals surface area contributed by atoms with Crippen molar-refractivity contribution in [2.45, 2.75) is 26.3 Å². The number of halogens is 1. The van der Waals surface area contributed by atoms with E-state index < -0.39 is 4.92 Å². The molecule has 7 nitrogen and oxygen atoms in total. The number of hydrogen-bond acceptors (Lipinski definition) is 4. The molecule has 0 aliphatic rings. The van der Waals surface area contributed by atoms with Gasteiger partial charge in [0.15, 0.2) is 5.96 Å². The van der Waals surface area contributed by atoms with Crippen LogP contribution >= 0.6 is 24.0 Å². The van der Waals surface area contributed by atoms with Crippen molar-refractivity contribution < 1.29 is 4.92 Å². The minimum Gasteiger partial charge on any atom is -0.378 e. The number of nitrogens with two attached hydrogens (primary N) is 1. The molecule has 1 rings (SSSR count). The molecule has 0 spiro atoms. The van der Waals surface area contributed by atoms with Gasteiger partial charge >= 0.3 is 0 Å². The van der Waals surface area contributed by atoms with Crippen molar-refractivity contribution in [3.63, 3.8) is 0 Å². The summed E-state index contributed by atoms with van der Waals surface area (Å²) in [7, 11) is 0. The number of nitrogens with one attached hydrogen (secondary N) is 2. The Kier molecular flexibility index (Phi) is 8.00. The van der Waals surface area contributed by atoms with E-state index in [2.05, 4.69) is 15.6 Å². The van der Waals surface area contributed by atoms with Gasteiger partial charge in [-0.25, -0.2) is 0 Å². The lowest BCUT2D eigenvalue weighted by molar-refractivity contribution is -0.384. The van der Waals surface area contributed by atoms with Gasteiger partial charge in [0.05, 0.1) is 11.5 Å². The van der Waals surface area contributed by atoms with Crippen LogP contribution in [0.15, 0.2) is 29.3 Å². The fourth-order valence-electron chi connectivity index (χ4n) is 1.57. The second-order valence-corrected chi connectivity index (χ2v) is 5.34.